The van der Waals surface area contributed by atoms with Gasteiger partial charge < -0.3 is 0 Å². The minimum atomic E-state index is 0.386. The van der Waals surface area contributed by atoms with E-state index in [1.807, 2.05) is 17.5 Å². The third-order valence-electron chi connectivity index (χ3n) is 3.43. The van der Waals surface area contributed by atoms with E-state index in [4.69, 9.17) is 5.26 Å². The van der Waals surface area contributed by atoms with Crippen LogP contribution in [0.4, 0.5) is 5.13 Å². The number of nitriles is 1. The van der Waals surface area contributed by atoms with Gasteiger partial charge in [0.2, 0.25) is 5.13 Å². The van der Waals surface area contributed by atoms with Gasteiger partial charge in [-0.05, 0) is 25.0 Å². The summed E-state index contributed by atoms with van der Waals surface area (Å²) in [6.45, 7) is 0. The van der Waals surface area contributed by atoms with Crippen LogP contribution in [0, 0.1) is 11.3 Å². The summed E-state index contributed by atoms with van der Waals surface area (Å²) < 4.78 is 0. The summed E-state index contributed by atoms with van der Waals surface area (Å²) in [5, 5.41) is 20.1. The van der Waals surface area contributed by atoms with Crippen LogP contribution in [0.5, 0.6) is 0 Å². The highest BCUT2D eigenvalue weighted by Gasteiger charge is 2.13. The molecule has 5 heteroatoms. The Bertz CT molecular complexity index is 645. The molecular formula is C15H14N4S. The lowest BCUT2D eigenvalue weighted by atomic mass is 10.1. The number of thiazole rings is 1. The van der Waals surface area contributed by atoms with Crippen molar-refractivity contribution >= 4 is 16.5 Å². The smallest absolute Gasteiger partial charge is 0.217 e. The second kappa shape index (κ2) is 5.93. The first kappa shape index (κ1) is 12.9. The van der Waals surface area contributed by atoms with Crippen LogP contribution >= 0.6 is 11.3 Å². The molecule has 1 saturated carbocycles. The van der Waals surface area contributed by atoms with E-state index in [1.165, 1.54) is 24.2 Å². The maximum atomic E-state index is 8.79. The second-order valence-corrected chi connectivity index (χ2v) is 5.69. The number of benzene rings is 1. The van der Waals surface area contributed by atoms with Gasteiger partial charge in [-0.25, -0.2) is 4.98 Å². The SMILES string of the molecule is N#Cc1ccc(-c2csc(N=NC3CCCC3)n2)cc1. The Morgan fingerprint density at radius 2 is 1.95 bits per heavy atom. The minimum Gasteiger partial charge on any atom is -0.217 e. The number of hydrogen-bond donors (Lipinski definition) is 0. The van der Waals surface area contributed by atoms with Crippen molar-refractivity contribution in [2.45, 2.75) is 31.7 Å². The van der Waals surface area contributed by atoms with E-state index >= 15 is 0 Å². The fraction of sp³-hybridized carbons (Fsp3) is 0.333. The van der Waals surface area contributed by atoms with Gasteiger partial charge in [-0.3, -0.25) is 0 Å². The molecule has 0 N–H and O–H groups in total. The Balaban J connectivity index is 1.73. The highest BCUT2D eigenvalue weighted by molar-refractivity contribution is 7.13. The number of rotatable bonds is 3. The van der Waals surface area contributed by atoms with E-state index in [0.29, 0.717) is 16.7 Å². The lowest BCUT2D eigenvalue weighted by molar-refractivity contribution is 0.669. The fourth-order valence-corrected chi connectivity index (χ4v) is 2.96. The summed E-state index contributed by atoms with van der Waals surface area (Å²) in [7, 11) is 0. The van der Waals surface area contributed by atoms with Crippen LogP contribution in [0.2, 0.25) is 0 Å². The molecule has 1 aliphatic rings. The summed E-state index contributed by atoms with van der Waals surface area (Å²) in [5.74, 6) is 0. The molecule has 0 bridgehead atoms. The van der Waals surface area contributed by atoms with E-state index < -0.39 is 0 Å². The third-order valence-corrected chi connectivity index (χ3v) is 4.16. The molecule has 1 fully saturated rings. The van der Waals surface area contributed by atoms with Crippen molar-refractivity contribution in [3.63, 3.8) is 0 Å². The van der Waals surface area contributed by atoms with Crippen molar-refractivity contribution in [3.05, 3.63) is 35.2 Å². The molecule has 0 radical (unpaired) electrons. The van der Waals surface area contributed by atoms with Gasteiger partial charge in [-0.2, -0.15) is 10.4 Å². The predicted molar refractivity (Wildman–Crippen MR) is 79.0 cm³/mol. The Labute approximate surface area is 121 Å². The number of azo groups is 1. The summed E-state index contributed by atoms with van der Waals surface area (Å²) in [6.07, 6.45) is 4.82. The molecule has 0 saturated heterocycles. The monoisotopic (exact) mass is 282 g/mol. The quantitative estimate of drug-likeness (QED) is 0.765. The van der Waals surface area contributed by atoms with Gasteiger partial charge in [0.15, 0.2) is 0 Å². The molecule has 1 aliphatic carbocycles. The Morgan fingerprint density at radius 1 is 1.20 bits per heavy atom. The van der Waals surface area contributed by atoms with E-state index in [2.05, 4.69) is 21.3 Å². The molecule has 3 rings (SSSR count). The zero-order chi connectivity index (χ0) is 13.8. The fourth-order valence-electron chi connectivity index (χ4n) is 2.31. The van der Waals surface area contributed by atoms with Crippen molar-refractivity contribution in [2.24, 2.45) is 10.2 Å². The molecule has 2 aromatic rings. The van der Waals surface area contributed by atoms with E-state index in [1.54, 1.807) is 12.1 Å². The largest absolute Gasteiger partial charge is 0.230 e. The summed E-state index contributed by atoms with van der Waals surface area (Å²) >= 11 is 1.50. The van der Waals surface area contributed by atoms with Gasteiger partial charge in [0.25, 0.3) is 0 Å². The van der Waals surface area contributed by atoms with Gasteiger partial charge in [-0.1, -0.05) is 25.0 Å². The standard InChI is InChI=1S/C15H14N4S/c16-9-11-5-7-12(8-6-11)14-10-20-15(17-14)19-18-13-3-1-2-4-13/h5-8,10,13H,1-4H2. The van der Waals surface area contributed by atoms with E-state index in [9.17, 15) is 0 Å². The van der Waals surface area contributed by atoms with Crippen LogP contribution < -0.4 is 0 Å². The summed E-state index contributed by atoms with van der Waals surface area (Å²) in [4.78, 5) is 4.47. The molecule has 0 atom stereocenters. The molecule has 1 aromatic heterocycles. The lowest BCUT2D eigenvalue weighted by Gasteiger charge is -1.97. The van der Waals surface area contributed by atoms with Crippen LogP contribution in [0.25, 0.3) is 11.3 Å². The first-order chi connectivity index (χ1) is 9.85. The molecule has 20 heavy (non-hydrogen) atoms. The maximum Gasteiger partial charge on any atom is 0.230 e. The topological polar surface area (TPSA) is 61.4 Å². The second-order valence-electron chi connectivity index (χ2n) is 4.86. The van der Waals surface area contributed by atoms with Gasteiger partial charge in [-0.15, -0.1) is 16.5 Å². The normalized spacial score (nSPS) is 15.8. The van der Waals surface area contributed by atoms with Gasteiger partial charge in [0, 0.05) is 10.9 Å². The number of aromatic nitrogens is 1. The maximum absolute atomic E-state index is 8.79. The van der Waals surface area contributed by atoms with Crippen molar-refractivity contribution in [1.82, 2.24) is 4.98 Å². The third kappa shape index (κ3) is 2.91. The van der Waals surface area contributed by atoms with E-state index in [0.717, 1.165) is 24.1 Å². The van der Waals surface area contributed by atoms with Gasteiger partial charge in [0.1, 0.15) is 0 Å². The average Bonchev–Trinajstić information content (AvgIpc) is 3.17. The molecule has 1 heterocycles. The Morgan fingerprint density at radius 3 is 2.65 bits per heavy atom. The first-order valence-electron chi connectivity index (χ1n) is 6.72. The highest BCUT2D eigenvalue weighted by atomic mass is 32.1. The summed E-state index contributed by atoms with van der Waals surface area (Å²) in [6, 6.07) is 9.91. The predicted octanol–water partition coefficient (Wildman–Crippen LogP) is 4.71. The lowest BCUT2D eigenvalue weighted by Crippen LogP contribution is -1.92. The van der Waals surface area contributed by atoms with Crippen LogP contribution in [-0.2, 0) is 0 Å². The number of hydrogen-bond acceptors (Lipinski definition) is 5. The molecular weight excluding hydrogens is 268 g/mol. The minimum absolute atomic E-state index is 0.386. The van der Waals surface area contributed by atoms with Crippen LogP contribution in [0.1, 0.15) is 31.2 Å². The highest BCUT2D eigenvalue weighted by Crippen LogP contribution is 2.28. The Kier molecular flexibility index (Phi) is 3.84. The van der Waals surface area contributed by atoms with E-state index in [-0.39, 0.29) is 0 Å². The van der Waals surface area contributed by atoms with Crippen molar-refractivity contribution in [2.75, 3.05) is 0 Å². The van der Waals surface area contributed by atoms with Gasteiger partial charge in [0.05, 0.1) is 23.4 Å². The van der Waals surface area contributed by atoms with Crippen LogP contribution in [0.3, 0.4) is 0 Å². The molecule has 100 valence electrons. The molecule has 0 unspecified atom stereocenters. The van der Waals surface area contributed by atoms with Crippen molar-refractivity contribution < 1.29 is 0 Å². The first-order valence-corrected chi connectivity index (χ1v) is 7.60. The molecule has 0 amide bonds. The molecule has 0 aliphatic heterocycles. The average molecular weight is 282 g/mol. The van der Waals surface area contributed by atoms with Crippen molar-refractivity contribution in [3.8, 4) is 17.3 Å². The Hall–Kier alpha value is -2.06. The number of nitrogens with zero attached hydrogens (tertiary/aromatic N) is 4. The molecule has 1 aromatic carbocycles. The summed E-state index contributed by atoms with van der Waals surface area (Å²) in [5.41, 5.74) is 2.55. The zero-order valence-corrected chi connectivity index (χ0v) is 11.8. The van der Waals surface area contributed by atoms with Crippen molar-refractivity contribution in [1.29, 1.82) is 5.26 Å². The van der Waals surface area contributed by atoms with Crippen LogP contribution in [0.15, 0.2) is 39.9 Å². The zero-order valence-electron chi connectivity index (χ0n) is 11.0. The molecule has 0 spiro atoms. The van der Waals surface area contributed by atoms with Crippen LogP contribution in [-0.4, -0.2) is 11.0 Å². The molecule has 4 nitrogen and oxygen atoms in total. The van der Waals surface area contributed by atoms with Gasteiger partial charge >= 0.3 is 0 Å².